The maximum absolute atomic E-state index is 10.2. The number of aliphatic hydroxyl groups excluding tert-OH is 7. The molecule has 0 spiro atoms. The molecule has 0 aliphatic carbocycles. The normalized spacial score (nSPS) is 46.0. The minimum absolute atomic E-state index is 0.647. The summed E-state index contributed by atoms with van der Waals surface area (Å²) in [7, 11) is 0. The van der Waals surface area contributed by atoms with E-state index >= 15 is 0 Å². The quantitative estimate of drug-likeness (QED) is 0.119. The molecule has 10 unspecified atom stereocenters. The second kappa shape index (κ2) is 10.3. The van der Waals surface area contributed by atoms with Crippen molar-refractivity contribution < 1.29 is 62.9 Å². The highest BCUT2D eigenvalue weighted by atomic mass is 127. The second-order valence-corrected chi connectivity index (χ2v) is 6.54. The number of rotatable bonds is 7. The molecular formula is C13H23IO13. The molecule has 14 heteroatoms. The third-order valence-corrected chi connectivity index (χ3v) is 4.81. The van der Waals surface area contributed by atoms with Gasteiger partial charge in [-0.2, -0.15) is 0 Å². The van der Waals surface area contributed by atoms with Gasteiger partial charge in [0.15, 0.2) is 12.6 Å². The molecule has 160 valence electrons. The van der Waals surface area contributed by atoms with E-state index in [2.05, 4.69) is 0 Å². The van der Waals surface area contributed by atoms with E-state index in [1.54, 1.807) is 0 Å². The maximum atomic E-state index is 10.2. The third kappa shape index (κ3) is 5.23. The fourth-order valence-corrected chi connectivity index (χ4v) is 3.30. The molecule has 0 aromatic carbocycles. The molecule has 0 amide bonds. The van der Waals surface area contributed by atoms with Crippen molar-refractivity contribution in [2.24, 2.45) is 0 Å². The van der Waals surface area contributed by atoms with E-state index in [-0.39, 0.29) is 0 Å². The lowest BCUT2D eigenvalue weighted by atomic mass is 9.97. The summed E-state index contributed by atoms with van der Waals surface area (Å²) in [4.78, 5) is 0. The zero-order valence-corrected chi connectivity index (χ0v) is 15.9. The van der Waals surface area contributed by atoms with Crippen LogP contribution in [-0.2, 0) is 22.0 Å². The Labute approximate surface area is 167 Å². The smallest absolute Gasteiger partial charge is 0.266 e. The van der Waals surface area contributed by atoms with Crippen LogP contribution in [-0.4, -0.2) is 122 Å². The van der Waals surface area contributed by atoms with E-state index in [9.17, 15) is 30.6 Å². The van der Waals surface area contributed by atoms with Crippen LogP contribution in [0.4, 0.5) is 0 Å². The number of aliphatic hydroxyl groups is 8. The van der Waals surface area contributed by atoms with Crippen LogP contribution in [0, 0.1) is 0 Å². The molecule has 27 heavy (non-hydrogen) atoms. The predicted octanol–water partition coefficient (Wildman–Crippen LogP) is -4.73. The van der Waals surface area contributed by atoms with Gasteiger partial charge in [0.1, 0.15) is 71.8 Å². The predicted molar refractivity (Wildman–Crippen MR) is 88.6 cm³/mol. The highest BCUT2D eigenvalue weighted by Crippen LogP contribution is 2.32. The molecule has 0 bridgehead atoms. The molecule has 10 atom stereocenters. The summed E-state index contributed by atoms with van der Waals surface area (Å²) < 4.78 is 25.8. The fraction of sp³-hybridized carbons (Fsp3) is 1.00. The van der Waals surface area contributed by atoms with Gasteiger partial charge in [0, 0.05) is 0 Å². The van der Waals surface area contributed by atoms with E-state index in [0.29, 0.717) is 0 Å². The van der Waals surface area contributed by atoms with Gasteiger partial charge >= 0.3 is 0 Å². The molecule has 2 aliphatic heterocycles. The molecule has 2 aliphatic rings. The number of hydrogen-bond donors (Lipinski definition) is 8. The average Bonchev–Trinajstić information content (AvgIpc) is 2.64. The SMILES string of the molecule is OCC1OC(OC2C(OI)OC(CO)C(O)C2OC(O)O)C(O)C(O)C1O. The summed E-state index contributed by atoms with van der Waals surface area (Å²) in [6.07, 6.45) is -15.0. The van der Waals surface area contributed by atoms with Crippen LogP contribution >= 0.6 is 23.0 Å². The van der Waals surface area contributed by atoms with Crippen LogP contribution in [0.2, 0.25) is 0 Å². The van der Waals surface area contributed by atoms with Crippen LogP contribution < -0.4 is 0 Å². The summed E-state index contributed by atoms with van der Waals surface area (Å²) in [5, 5.41) is 76.7. The van der Waals surface area contributed by atoms with E-state index in [1.807, 2.05) is 0 Å². The minimum atomic E-state index is -2.32. The van der Waals surface area contributed by atoms with Crippen molar-refractivity contribution in [3.63, 3.8) is 0 Å². The Morgan fingerprint density at radius 1 is 0.778 bits per heavy atom. The van der Waals surface area contributed by atoms with Crippen molar-refractivity contribution in [3.05, 3.63) is 0 Å². The minimum Gasteiger partial charge on any atom is -0.394 e. The molecule has 0 aromatic heterocycles. The first-order valence-corrected chi connectivity index (χ1v) is 8.82. The topological polar surface area (TPSA) is 208 Å². The molecule has 2 saturated heterocycles. The van der Waals surface area contributed by atoms with Gasteiger partial charge in [-0.3, -0.25) is 3.07 Å². The lowest BCUT2D eigenvalue weighted by Gasteiger charge is -2.46. The van der Waals surface area contributed by atoms with Gasteiger partial charge in [0.25, 0.3) is 6.48 Å². The van der Waals surface area contributed by atoms with Gasteiger partial charge in [-0.15, -0.1) is 0 Å². The Kier molecular flexibility index (Phi) is 8.96. The van der Waals surface area contributed by atoms with E-state index < -0.39 is 81.1 Å². The van der Waals surface area contributed by atoms with E-state index in [1.165, 1.54) is 23.0 Å². The summed E-state index contributed by atoms with van der Waals surface area (Å²) >= 11 is 1.44. The molecule has 13 nitrogen and oxygen atoms in total. The van der Waals surface area contributed by atoms with Crippen LogP contribution in [0.15, 0.2) is 0 Å². The van der Waals surface area contributed by atoms with Crippen LogP contribution in [0.1, 0.15) is 0 Å². The van der Waals surface area contributed by atoms with Gasteiger partial charge < -0.3 is 59.8 Å². The number of ether oxygens (including phenoxy) is 4. The Morgan fingerprint density at radius 2 is 1.33 bits per heavy atom. The zero-order chi connectivity index (χ0) is 20.3. The summed E-state index contributed by atoms with van der Waals surface area (Å²) in [6, 6.07) is 0. The molecule has 0 saturated carbocycles. The van der Waals surface area contributed by atoms with Crippen molar-refractivity contribution in [2.45, 2.75) is 67.9 Å². The zero-order valence-electron chi connectivity index (χ0n) is 13.8. The third-order valence-electron chi connectivity index (χ3n) is 4.30. The lowest BCUT2D eigenvalue weighted by molar-refractivity contribution is -0.378. The van der Waals surface area contributed by atoms with Gasteiger partial charge in [0.05, 0.1) is 13.2 Å². The molecule has 0 radical (unpaired) electrons. The lowest BCUT2D eigenvalue weighted by Crippen LogP contribution is -2.65. The van der Waals surface area contributed by atoms with Crippen LogP contribution in [0.5, 0.6) is 0 Å². The van der Waals surface area contributed by atoms with Crippen molar-refractivity contribution >= 4 is 23.0 Å². The van der Waals surface area contributed by atoms with Gasteiger partial charge in [-0.1, -0.05) is 0 Å². The molecule has 0 aromatic rings. The first-order chi connectivity index (χ1) is 12.7. The maximum Gasteiger partial charge on any atom is 0.266 e. The summed E-state index contributed by atoms with van der Waals surface area (Å²) in [5.41, 5.74) is 0. The Balaban J connectivity index is 2.23. The average molecular weight is 514 g/mol. The molecule has 2 rings (SSSR count). The fourth-order valence-electron chi connectivity index (χ4n) is 2.89. The highest BCUT2D eigenvalue weighted by molar-refractivity contribution is 14.1. The second-order valence-electron chi connectivity index (χ2n) is 6.03. The van der Waals surface area contributed by atoms with Crippen molar-refractivity contribution in [3.8, 4) is 0 Å². The van der Waals surface area contributed by atoms with Crippen LogP contribution in [0.3, 0.4) is 0 Å². The van der Waals surface area contributed by atoms with Gasteiger partial charge in [0.2, 0.25) is 0 Å². The molecule has 2 fully saturated rings. The Bertz CT molecular complexity index is 454. The Hall–Kier alpha value is 0.210. The first-order valence-electron chi connectivity index (χ1n) is 7.94. The standard InChI is InChI=1S/C13H23IO13/c14-27-12-10(9(26-13(21)22)6(18)4(2-16)24-12)25-11-8(20)7(19)5(17)3(1-15)23-11/h3-13,15-22H,1-2H2. The van der Waals surface area contributed by atoms with Gasteiger partial charge in [-0.05, 0) is 0 Å². The van der Waals surface area contributed by atoms with E-state index in [4.69, 9.17) is 32.2 Å². The molecule has 2 heterocycles. The number of halogens is 1. The highest BCUT2D eigenvalue weighted by Gasteiger charge is 2.52. The first kappa shape index (κ1) is 23.5. The summed E-state index contributed by atoms with van der Waals surface area (Å²) in [5.74, 6) is 0. The van der Waals surface area contributed by atoms with Crippen molar-refractivity contribution in [2.75, 3.05) is 13.2 Å². The monoisotopic (exact) mass is 514 g/mol. The largest absolute Gasteiger partial charge is 0.394 e. The van der Waals surface area contributed by atoms with Crippen molar-refractivity contribution in [1.82, 2.24) is 0 Å². The van der Waals surface area contributed by atoms with Gasteiger partial charge in [-0.25, -0.2) is 0 Å². The molecular weight excluding hydrogens is 491 g/mol. The number of hydrogen-bond acceptors (Lipinski definition) is 13. The van der Waals surface area contributed by atoms with Crippen LogP contribution in [0.25, 0.3) is 0 Å². The summed E-state index contributed by atoms with van der Waals surface area (Å²) in [6.45, 7) is -3.66. The van der Waals surface area contributed by atoms with Crippen molar-refractivity contribution in [1.29, 1.82) is 0 Å². The Morgan fingerprint density at radius 3 is 1.85 bits per heavy atom. The molecule has 8 N–H and O–H groups in total. The van der Waals surface area contributed by atoms with E-state index in [0.717, 1.165) is 0 Å².